The summed E-state index contributed by atoms with van der Waals surface area (Å²) in [6.07, 6.45) is 69.2. The Morgan fingerprint density at radius 3 is 1.01 bits per heavy atom. The molecular weight excluding hydrogens is 1020 g/mol. The van der Waals surface area contributed by atoms with E-state index in [1.165, 1.54) is 173 Å². The van der Waals surface area contributed by atoms with Crippen LogP contribution in [0.15, 0.2) is 48.6 Å². The van der Waals surface area contributed by atoms with Crippen LogP contribution in [0.1, 0.15) is 329 Å². The molecule has 0 heterocycles. The number of phosphoric acid groups is 1. The number of aliphatic hydroxyl groups excluding tert-OH is 1. The van der Waals surface area contributed by atoms with Gasteiger partial charge >= 0.3 is 25.7 Å². The molecule has 0 saturated carbocycles. The molecule has 0 amide bonds. The molecule has 11 nitrogen and oxygen atoms in total. The molecule has 0 fully saturated rings. The van der Waals surface area contributed by atoms with Gasteiger partial charge in [-0.2, -0.15) is 0 Å². The van der Waals surface area contributed by atoms with Crippen molar-refractivity contribution < 1.29 is 52.2 Å². The maximum Gasteiger partial charge on any atom is 0.472 e. The number of carbonyl (C=O) groups excluding carboxylic acids is 3. The van der Waals surface area contributed by atoms with Crippen LogP contribution in [0.25, 0.3) is 0 Å². The number of carbonyl (C=O) groups is 3. The van der Waals surface area contributed by atoms with Crippen molar-refractivity contribution in [3.8, 4) is 0 Å². The fraction of sp³-hybridized carbons (Fsp3) is 0.838. The molecule has 0 radical (unpaired) electrons. The van der Waals surface area contributed by atoms with Crippen LogP contribution in [0, 0.1) is 0 Å². The van der Waals surface area contributed by atoms with Crippen LogP contribution in [-0.2, 0) is 42.2 Å². The standard InChI is InChI=1S/C68H125O11P/c1-4-7-10-13-16-19-22-25-28-31-32-35-38-41-44-47-50-53-56-59-68(72)79-65(61-75-66(70)57-54-51-48-45-42-39-36-33-29-26-23-20-17-14-11-8-5-2)63-77-80(73,74)76-62-64(60-69)78-67(71)58-55-52-49-46-43-40-37-34-30-27-24-21-18-15-12-9-6-3/h8,11,17,20,26-27,29-30,64-65,69H,4-7,9-10,12-16,18-19,21-25,28,31-63H2,1-3H3,(H,73,74)/b11-8-,20-17-,29-26-,30-27-. The predicted molar refractivity (Wildman–Crippen MR) is 335 cm³/mol. The van der Waals surface area contributed by atoms with Gasteiger partial charge in [-0.15, -0.1) is 0 Å². The van der Waals surface area contributed by atoms with Crippen LogP contribution < -0.4 is 0 Å². The van der Waals surface area contributed by atoms with Crippen LogP contribution in [0.5, 0.6) is 0 Å². The molecule has 0 rings (SSSR count). The Labute approximate surface area is 492 Å². The second kappa shape index (κ2) is 62.5. The summed E-state index contributed by atoms with van der Waals surface area (Å²) in [5.74, 6) is -1.45. The average molecular weight is 1150 g/mol. The van der Waals surface area contributed by atoms with Crippen molar-refractivity contribution in [3.63, 3.8) is 0 Å². The third kappa shape index (κ3) is 60.0. The van der Waals surface area contributed by atoms with Gasteiger partial charge in [0.1, 0.15) is 12.7 Å². The van der Waals surface area contributed by atoms with Crippen LogP contribution in [0.3, 0.4) is 0 Å². The van der Waals surface area contributed by atoms with Gasteiger partial charge in [0.05, 0.1) is 19.8 Å². The van der Waals surface area contributed by atoms with E-state index in [1.807, 2.05) is 0 Å². The monoisotopic (exact) mass is 1150 g/mol. The van der Waals surface area contributed by atoms with E-state index in [4.69, 9.17) is 23.3 Å². The summed E-state index contributed by atoms with van der Waals surface area (Å²) in [5.41, 5.74) is 0. The number of ether oxygens (including phenoxy) is 3. The van der Waals surface area contributed by atoms with Crippen LogP contribution in [0.4, 0.5) is 0 Å². The van der Waals surface area contributed by atoms with E-state index < -0.39 is 57.8 Å². The second-order valence-electron chi connectivity index (χ2n) is 22.6. The van der Waals surface area contributed by atoms with Gasteiger partial charge in [0.15, 0.2) is 6.10 Å². The molecule has 3 atom stereocenters. The fourth-order valence-electron chi connectivity index (χ4n) is 9.66. The number of hydrogen-bond donors (Lipinski definition) is 2. The Morgan fingerprint density at radius 1 is 0.362 bits per heavy atom. The van der Waals surface area contributed by atoms with Gasteiger partial charge in [-0.3, -0.25) is 23.4 Å². The largest absolute Gasteiger partial charge is 0.472 e. The Hall–Kier alpha value is -2.56. The van der Waals surface area contributed by atoms with Crippen LogP contribution in [-0.4, -0.2) is 66.5 Å². The second-order valence-corrected chi connectivity index (χ2v) is 24.1. The summed E-state index contributed by atoms with van der Waals surface area (Å²) in [6.45, 7) is 4.59. The van der Waals surface area contributed by atoms with E-state index in [0.717, 1.165) is 96.3 Å². The summed E-state index contributed by atoms with van der Waals surface area (Å²) >= 11 is 0. The topological polar surface area (TPSA) is 155 Å². The van der Waals surface area contributed by atoms with E-state index in [-0.39, 0.29) is 25.9 Å². The number of hydrogen-bond acceptors (Lipinski definition) is 10. The van der Waals surface area contributed by atoms with Crippen molar-refractivity contribution in [2.24, 2.45) is 0 Å². The number of esters is 3. The molecule has 0 aliphatic rings. The molecule has 0 aliphatic heterocycles. The first kappa shape index (κ1) is 77.4. The van der Waals surface area contributed by atoms with Gasteiger partial charge in [0.25, 0.3) is 0 Å². The van der Waals surface area contributed by atoms with E-state index in [2.05, 4.69) is 69.4 Å². The smallest absolute Gasteiger partial charge is 0.462 e. The number of aliphatic hydroxyl groups is 1. The molecule has 0 bridgehead atoms. The quantitative estimate of drug-likeness (QED) is 0.0197. The molecule has 0 spiro atoms. The molecule has 0 aromatic heterocycles. The fourth-order valence-corrected chi connectivity index (χ4v) is 10.4. The van der Waals surface area contributed by atoms with E-state index in [9.17, 15) is 28.9 Å². The van der Waals surface area contributed by atoms with Crippen molar-refractivity contribution in [1.82, 2.24) is 0 Å². The number of phosphoric ester groups is 1. The lowest BCUT2D eigenvalue weighted by atomic mass is 10.0. The molecular formula is C68H125O11P. The van der Waals surface area contributed by atoms with Crippen LogP contribution >= 0.6 is 7.82 Å². The Bertz CT molecular complexity index is 1530. The van der Waals surface area contributed by atoms with Gasteiger partial charge in [0.2, 0.25) is 0 Å². The number of unbranched alkanes of at least 4 members (excludes halogenated alkanes) is 38. The lowest BCUT2D eigenvalue weighted by Gasteiger charge is -2.21. The molecule has 0 aromatic rings. The number of rotatable bonds is 63. The Balaban J connectivity index is 4.66. The van der Waals surface area contributed by atoms with E-state index in [0.29, 0.717) is 19.3 Å². The van der Waals surface area contributed by atoms with Gasteiger partial charge in [-0.1, -0.05) is 281 Å². The summed E-state index contributed by atoms with van der Waals surface area (Å²) in [4.78, 5) is 48.8. The first-order valence-electron chi connectivity index (χ1n) is 33.5. The van der Waals surface area contributed by atoms with Gasteiger partial charge in [0, 0.05) is 19.3 Å². The van der Waals surface area contributed by atoms with E-state index >= 15 is 0 Å². The van der Waals surface area contributed by atoms with E-state index in [1.54, 1.807) is 0 Å². The van der Waals surface area contributed by atoms with Crippen molar-refractivity contribution in [2.45, 2.75) is 341 Å². The lowest BCUT2D eigenvalue weighted by Crippen LogP contribution is -2.30. The molecule has 12 heteroatoms. The zero-order valence-corrected chi connectivity index (χ0v) is 53.0. The van der Waals surface area contributed by atoms with Crippen LogP contribution in [0.2, 0.25) is 0 Å². The highest BCUT2D eigenvalue weighted by molar-refractivity contribution is 7.47. The minimum Gasteiger partial charge on any atom is -0.462 e. The van der Waals surface area contributed by atoms with Crippen molar-refractivity contribution in [1.29, 1.82) is 0 Å². The zero-order chi connectivity index (χ0) is 58.3. The molecule has 2 N–H and O–H groups in total. The molecule has 0 saturated heterocycles. The third-order valence-corrected chi connectivity index (χ3v) is 15.7. The summed E-state index contributed by atoms with van der Waals surface area (Å²) in [6, 6.07) is 0. The van der Waals surface area contributed by atoms with Gasteiger partial charge in [-0.25, -0.2) is 4.57 Å². The SMILES string of the molecule is CC/C=C\C/C=C\C/C=C\CCCCCCCCCC(=O)OCC(COP(=O)(O)OCC(CO)OC(=O)CCCCCCCCC/C=C\CCCCCCCC)OC(=O)CCCCCCCCCCCCCCCCCCCCC. The molecule has 3 unspecified atom stereocenters. The normalized spacial score (nSPS) is 13.5. The first-order chi connectivity index (χ1) is 39.2. The third-order valence-electron chi connectivity index (χ3n) is 14.7. The van der Waals surface area contributed by atoms with Gasteiger partial charge in [-0.05, 0) is 77.0 Å². The maximum atomic E-state index is 13.0. The highest BCUT2D eigenvalue weighted by atomic mass is 31.2. The Kier molecular flexibility index (Phi) is 60.5. The molecule has 468 valence electrons. The minimum atomic E-state index is -4.75. The van der Waals surface area contributed by atoms with Gasteiger partial charge < -0.3 is 24.2 Å². The Morgan fingerprint density at radius 2 is 0.650 bits per heavy atom. The zero-order valence-electron chi connectivity index (χ0n) is 52.1. The van der Waals surface area contributed by atoms with Crippen molar-refractivity contribution in [2.75, 3.05) is 26.4 Å². The first-order valence-corrected chi connectivity index (χ1v) is 35.0. The lowest BCUT2D eigenvalue weighted by molar-refractivity contribution is -0.161. The number of allylic oxidation sites excluding steroid dienone is 8. The summed E-state index contributed by atoms with van der Waals surface area (Å²) < 4.78 is 39.8. The molecule has 0 aromatic carbocycles. The highest BCUT2D eigenvalue weighted by Gasteiger charge is 2.28. The predicted octanol–water partition coefficient (Wildman–Crippen LogP) is 20.5. The summed E-state index contributed by atoms with van der Waals surface area (Å²) in [5, 5.41) is 9.86. The summed E-state index contributed by atoms with van der Waals surface area (Å²) in [7, 11) is -4.75. The average Bonchev–Trinajstić information content (AvgIpc) is 3.45. The van der Waals surface area contributed by atoms with Crippen molar-refractivity contribution in [3.05, 3.63) is 48.6 Å². The molecule has 0 aliphatic carbocycles. The molecule has 80 heavy (non-hydrogen) atoms. The minimum absolute atomic E-state index is 0.170. The van der Waals surface area contributed by atoms with Crippen molar-refractivity contribution >= 4 is 25.7 Å². The maximum absolute atomic E-state index is 13.0. The highest BCUT2D eigenvalue weighted by Crippen LogP contribution is 2.43.